The van der Waals surface area contributed by atoms with Crippen molar-refractivity contribution in [1.29, 1.82) is 0 Å². The average molecular weight is 292 g/mol. The fraction of sp³-hybridized carbons (Fsp3) is 0.625. The van der Waals surface area contributed by atoms with Crippen molar-refractivity contribution in [2.45, 2.75) is 52.2 Å². The molecule has 3 unspecified atom stereocenters. The highest BCUT2D eigenvalue weighted by Gasteiger charge is 2.51. The van der Waals surface area contributed by atoms with Crippen molar-refractivity contribution in [3.8, 4) is 5.75 Å². The lowest BCUT2D eigenvalue weighted by Crippen LogP contribution is -2.63. The summed E-state index contributed by atoms with van der Waals surface area (Å²) in [6.07, 6.45) is 3.20. The van der Waals surface area contributed by atoms with Crippen molar-refractivity contribution in [2.75, 3.05) is 6.54 Å². The molecule has 0 saturated heterocycles. The van der Waals surface area contributed by atoms with Crippen molar-refractivity contribution in [1.82, 2.24) is 5.32 Å². The predicted molar refractivity (Wildman–Crippen MR) is 82.6 cm³/mol. The number of hydrogen-bond donors (Lipinski definition) is 1. The van der Waals surface area contributed by atoms with Gasteiger partial charge < -0.3 is 10.1 Å². The van der Waals surface area contributed by atoms with Crippen LogP contribution in [-0.4, -0.2) is 23.6 Å². The number of ether oxygens (including phenoxy) is 1. The van der Waals surface area contributed by atoms with Gasteiger partial charge in [0.2, 0.25) is 0 Å². The molecule has 0 radical (unpaired) electrons. The van der Waals surface area contributed by atoms with Crippen LogP contribution in [0.2, 0.25) is 0 Å². The lowest BCUT2D eigenvalue weighted by atomic mass is 9.61. The van der Waals surface area contributed by atoms with E-state index in [-0.39, 0.29) is 17.2 Å². The van der Waals surface area contributed by atoms with E-state index in [2.05, 4.69) is 26.1 Å². The summed E-state index contributed by atoms with van der Waals surface area (Å²) in [6.45, 7) is 7.57. The molecule has 1 aromatic carbocycles. The Morgan fingerprint density at radius 2 is 2.24 bits per heavy atom. The summed E-state index contributed by atoms with van der Waals surface area (Å²) in [5.41, 5.74) is 0.158. The number of nitro benzene ring substituents is 1. The van der Waals surface area contributed by atoms with Crippen LogP contribution in [0.25, 0.3) is 0 Å². The van der Waals surface area contributed by atoms with Crippen molar-refractivity contribution >= 4 is 5.69 Å². The lowest BCUT2D eigenvalue weighted by Gasteiger charge is -2.53. The summed E-state index contributed by atoms with van der Waals surface area (Å²) in [4.78, 5) is 10.4. The van der Waals surface area contributed by atoms with Gasteiger partial charge in [-0.15, -0.1) is 0 Å². The number of hydrogen-bond acceptors (Lipinski definition) is 4. The van der Waals surface area contributed by atoms with E-state index in [1.165, 1.54) is 12.1 Å². The molecular weight excluding hydrogens is 268 g/mol. The van der Waals surface area contributed by atoms with Crippen LogP contribution in [0.3, 0.4) is 0 Å². The first-order chi connectivity index (χ1) is 10.0. The molecule has 0 heterocycles. The van der Waals surface area contributed by atoms with Crippen LogP contribution in [0, 0.1) is 15.5 Å². The van der Waals surface area contributed by atoms with Crippen molar-refractivity contribution < 1.29 is 9.66 Å². The third-order valence-electron chi connectivity index (χ3n) is 4.69. The Morgan fingerprint density at radius 1 is 1.48 bits per heavy atom. The summed E-state index contributed by atoms with van der Waals surface area (Å²) in [5, 5.41) is 14.4. The highest BCUT2D eigenvalue weighted by atomic mass is 16.6. The number of nitro groups is 1. The Labute approximate surface area is 125 Å². The maximum Gasteiger partial charge on any atom is 0.273 e. The summed E-state index contributed by atoms with van der Waals surface area (Å²) in [5.74, 6) is 0.586. The molecule has 0 aliphatic heterocycles. The van der Waals surface area contributed by atoms with Gasteiger partial charge in [-0.25, -0.2) is 0 Å². The quantitative estimate of drug-likeness (QED) is 0.617. The third kappa shape index (κ3) is 3.18. The molecule has 21 heavy (non-hydrogen) atoms. The van der Waals surface area contributed by atoms with Crippen LogP contribution in [0.15, 0.2) is 24.3 Å². The van der Waals surface area contributed by atoms with E-state index < -0.39 is 4.92 Å². The van der Waals surface area contributed by atoms with Gasteiger partial charge in [0.1, 0.15) is 11.9 Å². The zero-order valence-electron chi connectivity index (χ0n) is 13.0. The molecule has 1 aliphatic carbocycles. The number of benzene rings is 1. The summed E-state index contributed by atoms with van der Waals surface area (Å²) < 4.78 is 6.01. The highest BCUT2D eigenvalue weighted by molar-refractivity contribution is 5.38. The monoisotopic (exact) mass is 292 g/mol. The van der Waals surface area contributed by atoms with Gasteiger partial charge in [-0.05, 0) is 25.5 Å². The van der Waals surface area contributed by atoms with Gasteiger partial charge in [-0.1, -0.05) is 26.8 Å². The number of non-ortho nitro benzene ring substituents is 1. The topological polar surface area (TPSA) is 64.4 Å². The molecule has 0 bridgehead atoms. The minimum Gasteiger partial charge on any atom is -0.489 e. The van der Waals surface area contributed by atoms with Gasteiger partial charge in [0.05, 0.1) is 11.0 Å². The Bertz CT molecular complexity index is 506. The molecule has 0 spiro atoms. The highest BCUT2D eigenvalue weighted by Crippen LogP contribution is 2.46. The maximum atomic E-state index is 10.8. The molecule has 5 heteroatoms. The van der Waals surface area contributed by atoms with Gasteiger partial charge in [0.25, 0.3) is 5.69 Å². The second-order valence-electron chi connectivity index (χ2n) is 5.96. The average Bonchev–Trinajstić information content (AvgIpc) is 2.49. The molecule has 1 N–H and O–H groups in total. The minimum absolute atomic E-state index is 0.0747. The Morgan fingerprint density at radius 3 is 2.86 bits per heavy atom. The lowest BCUT2D eigenvalue weighted by molar-refractivity contribution is -0.385. The normalized spacial score (nSPS) is 28.0. The molecule has 1 aliphatic rings. The van der Waals surface area contributed by atoms with Gasteiger partial charge in [-0.2, -0.15) is 0 Å². The van der Waals surface area contributed by atoms with Crippen LogP contribution >= 0.6 is 0 Å². The number of rotatable bonds is 7. The van der Waals surface area contributed by atoms with Crippen LogP contribution in [0.5, 0.6) is 5.75 Å². The van der Waals surface area contributed by atoms with Gasteiger partial charge in [0, 0.05) is 23.9 Å². The zero-order chi connectivity index (χ0) is 15.5. The predicted octanol–water partition coefficient (Wildman–Crippen LogP) is 3.53. The van der Waals surface area contributed by atoms with Crippen LogP contribution in [0.4, 0.5) is 5.69 Å². The second-order valence-corrected chi connectivity index (χ2v) is 5.96. The maximum absolute atomic E-state index is 10.8. The molecule has 0 aromatic heterocycles. The molecular formula is C16H24N2O3. The van der Waals surface area contributed by atoms with E-state index in [4.69, 9.17) is 4.74 Å². The van der Waals surface area contributed by atoms with E-state index in [1.807, 2.05) is 0 Å². The molecule has 0 amide bonds. The molecule has 2 rings (SSSR count). The summed E-state index contributed by atoms with van der Waals surface area (Å²) in [7, 11) is 0. The molecule has 116 valence electrons. The van der Waals surface area contributed by atoms with E-state index in [9.17, 15) is 10.1 Å². The molecule has 1 fully saturated rings. The largest absolute Gasteiger partial charge is 0.489 e. The van der Waals surface area contributed by atoms with Crippen molar-refractivity contribution in [2.24, 2.45) is 5.41 Å². The molecule has 3 atom stereocenters. The van der Waals surface area contributed by atoms with Crippen molar-refractivity contribution in [3.05, 3.63) is 34.4 Å². The molecule has 5 nitrogen and oxygen atoms in total. The second kappa shape index (κ2) is 6.43. The first-order valence-electron chi connectivity index (χ1n) is 7.65. The van der Waals surface area contributed by atoms with Gasteiger partial charge >= 0.3 is 0 Å². The fourth-order valence-corrected chi connectivity index (χ4v) is 2.94. The van der Waals surface area contributed by atoms with Crippen LogP contribution < -0.4 is 10.1 Å². The molecule has 1 saturated carbocycles. The third-order valence-corrected chi connectivity index (χ3v) is 4.69. The Balaban J connectivity index is 2.03. The molecule has 1 aromatic rings. The zero-order valence-corrected chi connectivity index (χ0v) is 13.0. The Kier molecular flexibility index (Phi) is 4.83. The fourth-order valence-electron chi connectivity index (χ4n) is 2.94. The first-order valence-corrected chi connectivity index (χ1v) is 7.65. The van der Waals surface area contributed by atoms with E-state index in [0.29, 0.717) is 11.8 Å². The van der Waals surface area contributed by atoms with Gasteiger partial charge in [-0.3, -0.25) is 10.1 Å². The minimum atomic E-state index is -0.391. The van der Waals surface area contributed by atoms with Crippen LogP contribution in [-0.2, 0) is 0 Å². The SMILES string of the molecule is CCCNC1CC(Oc2cccc([N+](=O)[O-])c2)C1(C)CC. The van der Waals surface area contributed by atoms with E-state index in [0.717, 1.165) is 25.8 Å². The summed E-state index contributed by atoms with van der Waals surface area (Å²) in [6, 6.07) is 6.91. The van der Waals surface area contributed by atoms with E-state index in [1.54, 1.807) is 12.1 Å². The van der Waals surface area contributed by atoms with E-state index >= 15 is 0 Å². The summed E-state index contributed by atoms with van der Waals surface area (Å²) >= 11 is 0. The Hall–Kier alpha value is -1.62. The van der Waals surface area contributed by atoms with Crippen molar-refractivity contribution in [3.63, 3.8) is 0 Å². The standard InChI is InChI=1S/C16H24N2O3/c1-4-9-17-14-11-15(16(14,3)5-2)21-13-8-6-7-12(10-13)18(19)20/h6-8,10,14-15,17H,4-5,9,11H2,1-3H3. The van der Waals surface area contributed by atoms with Crippen LogP contribution in [0.1, 0.15) is 40.0 Å². The smallest absolute Gasteiger partial charge is 0.273 e. The first kappa shape index (κ1) is 15.8. The number of nitrogens with zero attached hydrogens (tertiary/aromatic N) is 1. The number of nitrogens with one attached hydrogen (secondary N) is 1. The van der Waals surface area contributed by atoms with Gasteiger partial charge in [0.15, 0.2) is 0 Å².